The van der Waals surface area contributed by atoms with Crippen LogP contribution < -0.4 is 0 Å². The van der Waals surface area contributed by atoms with Crippen molar-refractivity contribution in [1.82, 2.24) is 0 Å². The summed E-state index contributed by atoms with van der Waals surface area (Å²) in [5.74, 6) is 0. The zero-order valence-corrected chi connectivity index (χ0v) is 5.63. The van der Waals surface area contributed by atoms with Crippen molar-refractivity contribution >= 4 is 0 Å². The maximum absolute atomic E-state index is 7.46. The van der Waals surface area contributed by atoms with Crippen LogP contribution in [0.25, 0.3) is 0 Å². The minimum absolute atomic E-state index is 3.51. The lowest BCUT2D eigenvalue weighted by Gasteiger charge is -2.04. The molecule has 0 amide bonds. The number of ether oxygens (including phenoxy) is 4. The number of methoxy groups -OCH3 is 2. The topological polar surface area (TPSA) is 36.9 Å². The van der Waals surface area contributed by atoms with Gasteiger partial charge in [0.05, 0.1) is 64.0 Å². The first-order chi connectivity index (χ1) is 12.6. The molecule has 0 aliphatic rings. The predicted molar refractivity (Wildman–Crippen MR) is 45.4 cm³/mol. The van der Waals surface area contributed by atoms with Gasteiger partial charge in [0.25, 0.3) is 0 Å². The second-order valence-electron chi connectivity index (χ2n) is 1.02. The third-order valence-electron chi connectivity index (χ3n) is 0.431. The van der Waals surface area contributed by atoms with Crippen LogP contribution in [0.4, 0.5) is 0 Å². The van der Waals surface area contributed by atoms with Crippen molar-refractivity contribution in [1.29, 1.82) is 0 Å². The molecule has 4 nitrogen and oxygen atoms in total. The van der Waals surface area contributed by atoms with Crippen LogP contribution in [0.3, 0.4) is 0 Å². The van der Waals surface area contributed by atoms with E-state index in [4.69, 9.17) is 24.7 Å². The van der Waals surface area contributed by atoms with Crippen molar-refractivity contribution in [3.63, 3.8) is 0 Å². The van der Waals surface area contributed by atoms with E-state index in [0.29, 0.717) is 0 Å². The average Bonchev–Trinajstić information content (AvgIpc) is 2.28. The zero-order chi connectivity index (χ0) is 24.8. The summed E-state index contributed by atoms with van der Waals surface area (Å²) in [6, 6.07) is 0. The largest absolute Gasteiger partial charge is 0.382 e. The Morgan fingerprint density at radius 2 is 1.25 bits per heavy atom. The monoisotopic (exact) mass is 196 g/mol. The third kappa shape index (κ3) is 9.84. The number of hydrogen-bond acceptors (Lipinski definition) is 4. The summed E-state index contributed by atoms with van der Waals surface area (Å²) < 4.78 is 145. The van der Waals surface area contributed by atoms with Crippen LogP contribution in [-0.2, 0) is 18.9 Å². The van der Waals surface area contributed by atoms with Crippen molar-refractivity contribution in [2.45, 2.75) is 0 Å². The highest BCUT2D eigenvalue weighted by atomic mass is 16.5. The first-order valence-corrected chi connectivity index (χ1v) is 2.38. The Hall–Kier alpha value is -0.160. The highest BCUT2D eigenvalue weighted by Crippen LogP contribution is 1.79. The molecule has 0 atom stereocenters. The molecule has 0 spiro atoms. The van der Waals surface area contributed by atoms with Crippen LogP contribution in [0.1, 0.15) is 24.7 Å². The molecule has 0 heterocycles. The summed E-state index contributed by atoms with van der Waals surface area (Å²) in [4.78, 5) is 0. The van der Waals surface area contributed by atoms with E-state index in [1.165, 1.54) is 0 Å². The smallest absolute Gasteiger partial charge is 0.0701 e. The second kappa shape index (κ2) is 10.8. The van der Waals surface area contributed by atoms with Gasteiger partial charge in [-0.1, -0.05) is 0 Å². The van der Waals surface area contributed by atoms with Gasteiger partial charge in [-0.2, -0.15) is 0 Å². The first kappa shape index (κ1) is 1.67. The molecule has 0 fully saturated rings. The maximum Gasteiger partial charge on any atom is 0.0701 e. The molecule has 0 saturated heterocycles. The Morgan fingerprint density at radius 1 is 0.833 bits per heavy atom. The molecule has 0 aromatic heterocycles. The summed E-state index contributed by atoms with van der Waals surface area (Å²) in [6.07, 6.45) is 0. The summed E-state index contributed by atoms with van der Waals surface area (Å²) in [6.45, 7) is -24.0. The Balaban J connectivity index is 5.77. The maximum atomic E-state index is 7.46. The molecule has 0 aliphatic carbocycles. The fourth-order valence-corrected chi connectivity index (χ4v) is 0.176. The Labute approximate surface area is 99.0 Å². The first-order valence-electron chi connectivity index (χ1n) is 11.4. The van der Waals surface area contributed by atoms with Gasteiger partial charge < -0.3 is 18.9 Å². The van der Waals surface area contributed by atoms with E-state index in [1.807, 2.05) is 0 Å². The van der Waals surface area contributed by atoms with E-state index in [-0.39, 0.29) is 0 Å². The van der Waals surface area contributed by atoms with Crippen molar-refractivity contribution in [2.24, 2.45) is 0 Å². The third-order valence-corrected chi connectivity index (χ3v) is 0.431. The Bertz CT molecular complexity index is 538. The van der Waals surface area contributed by atoms with Crippen molar-refractivity contribution < 1.29 is 43.6 Å². The minimum Gasteiger partial charge on any atom is -0.382 e. The molecule has 12 heavy (non-hydrogen) atoms. The Kier molecular flexibility index (Phi) is 1.51. The fraction of sp³-hybridized carbons (Fsp3) is 1.00. The van der Waals surface area contributed by atoms with Gasteiger partial charge in [0.2, 0.25) is 0 Å². The van der Waals surface area contributed by atoms with Crippen LogP contribution in [0, 0.1) is 0 Å². The number of rotatable bonds is 9. The lowest BCUT2D eigenvalue weighted by atomic mass is 10.7. The number of hydrogen-bond donors (Lipinski definition) is 0. The second-order valence-corrected chi connectivity index (χ2v) is 1.02. The van der Waals surface area contributed by atoms with Gasteiger partial charge in [0, 0.05) is 14.1 Å². The minimum atomic E-state index is -4.11. The molecule has 0 rings (SSSR count). The van der Waals surface area contributed by atoms with Gasteiger partial charge >= 0.3 is 0 Å². The molecule has 0 N–H and O–H groups in total. The molecule has 0 bridgehead atoms. The molecule has 0 unspecified atom stereocenters. The van der Waals surface area contributed by atoms with Crippen molar-refractivity contribution in [3.8, 4) is 0 Å². The molecule has 0 aromatic carbocycles. The lowest BCUT2D eigenvalue weighted by Crippen LogP contribution is -2.10. The van der Waals surface area contributed by atoms with Crippen LogP contribution >= 0.6 is 0 Å². The zero-order valence-electron chi connectivity index (χ0n) is 23.6. The molecule has 0 aromatic rings. The SMILES string of the molecule is [2H]C([2H])([2H])OC([2H])([2H])C([2H])([2H])OC([2H])([2H])C([2H])([2H])OC([2H])([2H])C([2H])([2H])OC([2H])([2H])[2H]. The predicted octanol–water partition coefficient (Wildman–Crippen LogP) is 0.312. The van der Waals surface area contributed by atoms with Crippen LogP contribution in [0.15, 0.2) is 0 Å². The standard InChI is InChI=1S/C8H18O4/c1-9-3-5-11-7-8-12-6-4-10-2/h3-8H2,1-2H3/i1D3,2D3,3D2,4D2,5D2,6D2,7D2,8D2. The molecular weight excluding hydrogens is 160 g/mol. The van der Waals surface area contributed by atoms with E-state index in [9.17, 15) is 0 Å². The van der Waals surface area contributed by atoms with Gasteiger partial charge in [-0.25, -0.2) is 0 Å². The summed E-state index contributed by atoms with van der Waals surface area (Å²) in [7, 11) is -7.02. The van der Waals surface area contributed by atoms with Gasteiger partial charge in [-0.15, -0.1) is 0 Å². The van der Waals surface area contributed by atoms with Crippen LogP contribution in [-0.4, -0.2) is 53.4 Å². The highest BCUT2D eigenvalue weighted by molar-refractivity contribution is 4.32. The van der Waals surface area contributed by atoms with E-state index < -0.39 is 53.4 Å². The normalized spacial score (nSPS) is 42.0. The van der Waals surface area contributed by atoms with E-state index in [2.05, 4.69) is 18.9 Å². The van der Waals surface area contributed by atoms with Gasteiger partial charge in [-0.3, -0.25) is 0 Å². The molecular formula is C8H18O4. The Morgan fingerprint density at radius 3 is 1.67 bits per heavy atom. The molecule has 0 saturated carbocycles. The quantitative estimate of drug-likeness (QED) is 0.532. The van der Waals surface area contributed by atoms with E-state index in [1.54, 1.807) is 0 Å². The summed E-state index contributed by atoms with van der Waals surface area (Å²) in [5.41, 5.74) is 0. The van der Waals surface area contributed by atoms with E-state index >= 15 is 0 Å². The fourth-order valence-electron chi connectivity index (χ4n) is 0.176. The molecule has 4 heteroatoms. The molecule has 0 aliphatic heterocycles. The average molecular weight is 196 g/mol. The van der Waals surface area contributed by atoms with Crippen LogP contribution in [0.2, 0.25) is 0 Å². The van der Waals surface area contributed by atoms with Gasteiger partial charge in [0.15, 0.2) is 0 Å². The van der Waals surface area contributed by atoms with Crippen molar-refractivity contribution in [3.05, 3.63) is 0 Å². The molecule has 0 radical (unpaired) electrons. The highest BCUT2D eigenvalue weighted by Gasteiger charge is 1.88. The summed E-state index contributed by atoms with van der Waals surface area (Å²) in [5, 5.41) is 0. The molecule has 74 valence electrons. The van der Waals surface area contributed by atoms with Gasteiger partial charge in [0.1, 0.15) is 0 Å². The lowest BCUT2D eigenvalue weighted by molar-refractivity contribution is 0.0106. The van der Waals surface area contributed by atoms with Crippen LogP contribution in [0.5, 0.6) is 0 Å². The van der Waals surface area contributed by atoms with E-state index in [0.717, 1.165) is 0 Å². The summed E-state index contributed by atoms with van der Waals surface area (Å²) >= 11 is 0. The van der Waals surface area contributed by atoms with Crippen molar-refractivity contribution in [2.75, 3.05) is 53.4 Å². The van der Waals surface area contributed by atoms with Gasteiger partial charge in [-0.05, 0) is 0 Å².